The van der Waals surface area contributed by atoms with Crippen LogP contribution in [0, 0.1) is 0 Å². The predicted octanol–water partition coefficient (Wildman–Crippen LogP) is 3.17. The zero-order chi connectivity index (χ0) is 20.2. The van der Waals surface area contributed by atoms with Crippen molar-refractivity contribution in [3.8, 4) is 0 Å². The molecule has 0 aliphatic carbocycles. The van der Waals surface area contributed by atoms with E-state index in [9.17, 15) is 4.79 Å². The van der Waals surface area contributed by atoms with E-state index in [1.54, 1.807) is 24.2 Å². The summed E-state index contributed by atoms with van der Waals surface area (Å²) in [7, 11) is 1.79. The van der Waals surface area contributed by atoms with Gasteiger partial charge in [-0.3, -0.25) is 0 Å². The lowest BCUT2D eigenvalue weighted by Crippen LogP contribution is -2.36. The molecule has 2 amide bonds. The summed E-state index contributed by atoms with van der Waals surface area (Å²) in [5, 5.41) is 3.56. The lowest BCUT2D eigenvalue weighted by atomic mass is 10.2. The van der Waals surface area contributed by atoms with Crippen LogP contribution in [0.25, 0.3) is 5.65 Å². The van der Waals surface area contributed by atoms with Crippen LogP contribution in [0.4, 0.5) is 10.5 Å². The van der Waals surface area contributed by atoms with Gasteiger partial charge in [0, 0.05) is 44.8 Å². The third-order valence-electron chi connectivity index (χ3n) is 4.96. The number of aromatic nitrogens is 2. The molecule has 0 atom stereocenters. The van der Waals surface area contributed by atoms with Gasteiger partial charge in [-0.15, -0.1) is 0 Å². The number of halogens is 1. The van der Waals surface area contributed by atoms with Gasteiger partial charge in [-0.2, -0.15) is 0 Å². The SMILES string of the molecule is CN(Cc1ccc(N2CCOCC2)cc1)C(=O)NCc1cn2cc(Cl)ccc2n1. The third-order valence-corrected chi connectivity index (χ3v) is 5.19. The van der Waals surface area contributed by atoms with E-state index in [0.717, 1.165) is 43.2 Å². The Morgan fingerprint density at radius 2 is 1.93 bits per heavy atom. The van der Waals surface area contributed by atoms with E-state index in [1.807, 2.05) is 16.7 Å². The van der Waals surface area contributed by atoms with Crippen molar-refractivity contribution >= 4 is 29.0 Å². The Morgan fingerprint density at radius 1 is 1.17 bits per heavy atom. The molecular formula is C21H24ClN5O2. The number of hydrogen-bond donors (Lipinski definition) is 1. The highest BCUT2D eigenvalue weighted by Gasteiger charge is 2.13. The molecule has 0 unspecified atom stereocenters. The first-order chi connectivity index (χ1) is 14.1. The van der Waals surface area contributed by atoms with Crippen LogP contribution in [-0.2, 0) is 17.8 Å². The molecule has 7 nitrogen and oxygen atoms in total. The number of nitrogens with one attached hydrogen (secondary N) is 1. The van der Waals surface area contributed by atoms with E-state index in [1.165, 1.54) is 5.69 Å². The molecule has 8 heteroatoms. The highest BCUT2D eigenvalue weighted by Crippen LogP contribution is 2.17. The molecule has 3 heterocycles. The number of nitrogens with zero attached hydrogens (tertiary/aromatic N) is 4. The quantitative estimate of drug-likeness (QED) is 0.698. The normalized spacial score (nSPS) is 14.2. The topological polar surface area (TPSA) is 62.1 Å². The zero-order valence-corrected chi connectivity index (χ0v) is 17.1. The Bertz CT molecular complexity index is 982. The van der Waals surface area contributed by atoms with Crippen LogP contribution in [0.5, 0.6) is 0 Å². The first kappa shape index (κ1) is 19.5. The van der Waals surface area contributed by atoms with Gasteiger partial charge >= 0.3 is 6.03 Å². The number of pyridine rings is 1. The third kappa shape index (κ3) is 4.81. The molecule has 1 N–H and O–H groups in total. The van der Waals surface area contributed by atoms with Crippen LogP contribution in [0.15, 0.2) is 48.8 Å². The van der Waals surface area contributed by atoms with Crippen LogP contribution in [0.1, 0.15) is 11.3 Å². The van der Waals surface area contributed by atoms with Crippen LogP contribution >= 0.6 is 11.6 Å². The van der Waals surface area contributed by atoms with Crippen molar-refractivity contribution < 1.29 is 9.53 Å². The summed E-state index contributed by atoms with van der Waals surface area (Å²) in [4.78, 5) is 20.9. The summed E-state index contributed by atoms with van der Waals surface area (Å²) in [5.41, 5.74) is 3.86. The monoisotopic (exact) mass is 413 g/mol. The molecule has 3 aromatic rings. The van der Waals surface area contributed by atoms with Crippen LogP contribution < -0.4 is 10.2 Å². The van der Waals surface area contributed by atoms with Gasteiger partial charge in [0.15, 0.2) is 0 Å². The Labute approximate surface area is 174 Å². The fourth-order valence-corrected chi connectivity index (χ4v) is 3.55. The molecule has 0 spiro atoms. The number of ether oxygens (including phenoxy) is 1. The first-order valence-electron chi connectivity index (χ1n) is 9.62. The highest BCUT2D eigenvalue weighted by molar-refractivity contribution is 6.30. The average molecular weight is 414 g/mol. The smallest absolute Gasteiger partial charge is 0.317 e. The fourth-order valence-electron chi connectivity index (χ4n) is 3.38. The predicted molar refractivity (Wildman–Crippen MR) is 113 cm³/mol. The van der Waals surface area contributed by atoms with Crippen molar-refractivity contribution in [2.45, 2.75) is 13.1 Å². The number of fused-ring (bicyclic) bond motifs is 1. The van der Waals surface area contributed by atoms with Gasteiger partial charge in [-0.25, -0.2) is 9.78 Å². The zero-order valence-electron chi connectivity index (χ0n) is 16.3. The number of amides is 2. The first-order valence-corrected chi connectivity index (χ1v) is 10.00. The lowest BCUT2D eigenvalue weighted by molar-refractivity contribution is 0.122. The highest BCUT2D eigenvalue weighted by atomic mass is 35.5. The molecule has 1 aromatic carbocycles. The maximum atomic E-state index is 12.4. The fraction of sp³-hybridized carbons (Fsp3) is 0.333. The maximum Gasteiger partial charge on any atom is 0.317 e. The second-order valence-electron chi connectivity index (χ2n) is 7.13. The Morgan fingerprint density at radius 3 is 2.69 bits per heavy atom. The van der Waals surface area contributed by atoms with Gasteiger partial charge in [0.25, 0.3) is 0 Å². The maximum absolute atomic E-state index is 12.4. The molecule has 29 heavy (non-hydrogen) atoms. The second kappa shape index (κ2) is 8.71. The van der Waals surface area contributed by atoms with Crippen molar-refractivity contribution in [2.24, 2.45) is 0 Å². The van der Waals surface area contributed by atoms with Gasteiger partial charge in [0.2, 0.25) is 0 Å². The van der Waals surface area contributed by atoms with E-state index in [4.69, 9.17) is 16.3 Å². The summed E-state index contributed by atoms with van der Waals surface area (Å²) in [6.07, 6.45) is 3.66. The second-order valence-corrected chi connectivity index (χ2v) is 7.56. The number of carbonyl (C=O) groups excluding carboxylic acids is 1. The number of anilines is 1. The molecule has 0 bridgehead atoms. The van der Waals surface area contributed by atoms with E-state index in [2.05, 4.69) is 39.5 Å². The van der Waals surface area contributed by atoms with Gasteiger partial charge < -0.3 is 24.3 Å². The number of rotatable bonds is 5. The minimum absolute atomic E-state index is 0.141. The largest absolute Gasteiger partial charge is 0.378 e. The molecule has 0 radical (unpaired) electrons. The molecular weight excluding hydrogens is 390 g/mol. The minimum Gasteiger partial charge on any atom is -0.378 e. The molecule has 0 saturated carbocycles. The summed E-state index contributed by atoms with van der Waals surface area (Å²) in [5.74, 6) is 0. The van der Waals surface area contributed by atoms with E-state index >= 15 is 0 Å². The number of benzene rings is 1. The van der Waals surface area contributed by atoms with Gasteiger partial charge in [-0.05, 0) is 29.8 Å². The van der Waals surface area contributed by atoms with Crippen LogP contribution in [0.3, 0.4) is 0 Å². The van der Waals surface area contributed by atoms with Crippen LogP contribution in [-0.4, -0.2) is 53.7 Å². The number of urea groups is 1. The van der Waals surface area contributed by atoms with Crippen molar-refractivity contribution in [2.75, 3.05) is 38.3 Å². The van der Waals surface area contributed by atoms with Crippen molar-refractivity contribution in [3.05, 3.63) is 65.1 Å². The van der Waals surface area contributed by atoms with Gasteiger partial charge in [-0.1, -0.05) is 23.7 Å². The summed E-state index contributed by atoms with van der Waals surface area (Å²) in [6, 6.07) is 11.9. The average Bonchev–Trinajstić information content (AvgIpc) is 3.15. The van der Waals surface area contributed by atoms with Crippen molar-refractivity contribution in [3.63, 3.8) is 0 Å². The molecule has 1 aliphatic rings. The van der Waals surface area contributed by atoms with E-state index in [-0.39, 0.29) is 6.03 Å². The summed E-state index contributed by atoms with van der Waals surface area (Å²) < 4.78 is 7.25. The number of carbonyl (C=O) groups is 1. The minimum atomic E-state index is -0.141. The number of imidazole rings is 1. The molecule has 1 aliphatic heterocycles. The summed E-state index contributed by atoms with van der Waals surface area (Å²) in [6.45, 7) is 4.26. The Hall–Kier alpha value is -2.77. The number of hydrogen-bond acceptors (Lipinski definition) is 4. The van der Waals surface area contributed by atoms with Crippen LogP contribution in [0.2, 0.25) is 5.02 Å². The standard InChI is InChI=1S/C21H24ClN5O2/c1-25(13-16-2-5-19(6-3-16)26-8-10-29-11-9-26)21(28)23-12-18-15-27-14-17(22)4-7-20(27)24-18/h2-7,14-15H,8-13H2,1H3,(H,23,28). The van der Waals surface area contributed by atoms with Gasteiger partial charge in [0.1, 0.15) is 5.65 Å². The lowest BCUT2D eigenvalue weighted by Gasteiger charge is -2.29. The van der Waals surface area contributed by atoms with E-state index in [0.29, 0.717) is 18.1 Å². The number of morpholine rings is 1. The van der Waals surface area contributed by atoms with Gasteiger partial charge in [0.05, 0.1) is 30.5 Å². The van der Waals surface area contributed by atoms with Crippen molar-refractivity contribution in [1.82, 2.24) is 19.6 Å². The molecule has 4 rings (SSSR count). The summed E-state index contributed by atoms with van der Waals surface area (Å²) >= 11 is 5.99. The van der Waals surface area contributed by atoms with E-state index < -0.39 is 0 Å². The molecule has 152 valence electrons. The molecule has 1 fully saturated rings. The van der Waals surface area contributed by atoms with Crippen molar-refractivity contribution in [1.29, 1.82) is 0 Å². The Kier molecular flexibility index (Phi) is 5.87. The molecule has 1 saturated heterocycles. The Balaban J connectivity index is 1.30. The molecule has 2 aromatic heterocycles.